The Bertz CT molecular complexity index is 279. The maximum atomic E-state index is 6.01. The summed E-state index contributed by atoms with van der Waals surface area (Å²) in [4.78, 5) is 0. The lowest BCUT2D eigenvalue weighted by Crippen LogP contribution is -2.04. The van der Waals surface area contributed by atoms with E-state index >= 15 is 0 Å². The molecule has 0 aliphatic heterocycles. The molecule has 0 fully saturated rings. The van der Waals surface area contributed by atoms with E-state index in [0.717, 1.165) is 17.9 Å². The van der Waals surface area contributed by atoms with E-state index in [0.29, 0.717) is 5.92 Å². The third-order valence-electron chi connectivity index (χ3n) is 2.13. The van der Waals surface area contributed by atoms with E-state index in [2.05, 4.69) is 32.2 Å². The molecule has 0 amide bonds. The number of anilines is 2. The average Bonchev–Trinajstić information content (AvgIpc) is 2.08. The Balaban J connectivity index is 3.03. The number of rotatable bonds is 3. The summed E-state index contributed by atoms with van der Waals surface area (Å²) in [6, 6.07) is 6.15. The van der Waals surface area contributed by atoms with E-state index < -0.39 is 0 Å². The summed E-state index contributed by atoms with van der Waals surface area (Å²) in [6.07, 6.45) is 0. The summed E-state index contributed by atoms with van der Waals surface area (Å²) < 4.78 is 0. The highest BCUT2D eigenvalue weighted by molar-refractivity contribution is 5.70. The molecule has 0 radical (unpaired) electrons. The van der Waals surface area contributed by atoms with E-state index in [1.165, 1.54) is 5.56 Å². The second kappa shape index (κ2) is 4.17. The van der Waals surface area contributed by atoms with Crippen LogP contribution in [0.5, 0.6) is 0 Å². The van der Waals surface area contributed by atoms with Gasteiger partial charge in [0.05, 0.1) is 11.4 Å². The molecule has 0 aliphatic carbocycles. The van der Waals surface area contributed by atoms with Gasteiger partial charge >= 0.3 is 0 Å². The second-order valence-electron chi connectivity index (χ2n) is 3.49. The van der Waals surface area contributed by atoms with Crippen molar-refractivity contribution in [1.29, 1.82) is 0 Å². The molecule has 2 nitrogen and oxygen atoms in total. The Morgan fingerprint density at radius 2 is 2.08 bits per heavy atom. The SMILES string of the molecule is CCNc1cccc(C(C)C)c1N. The van der Waals surface area contributed by atoms with Crippen LogP contribution in [-0.2, 0) is 0 Å². The van der Waals surface area contributed by atoms with Crippen molar-refractivity contribution in [3.63, 3.8) is 0 Å². The lowest BCUT2D eigenvalue weighted by Gasteiger charge is -2.13. The van der Waals surface area contributed by atoms with Crippen LogP contribution in [0.25, 0.3) is 0 Å². The first kappa shape index (κ1) is 9.90. The van der Waals surface area contributed by atoms with E-state index in [-0.39, 0.29) is 0 Å². The largest absolute Gasteiger partial charge is 0.397 e. The standard InChI is InChI=1S/C11H18N2/c1-4-13-10-7-5-6-9(8(2)3)11(10)12/h5-8,13H,4,12H2,1-3H3. The van der Waals surface area contributed by atoms with Gasteiger partial charge in [0.15, 0.2) is 0 Å². The fraction of sp³-hybridized carbons (Fsp3) is 0.455. The molecule has 0 saturated heterocycles. The molecule has 2 heteroatoms. The minimum atomic E-state index is 0.485. The van der Waals surface area contributed by atoms with Crippen LogP contribution >= 0.6 is 0 Å². The predicted octanol–water partition coefficient (Wildman–Crippen LogP) is 2.82. The van der Waals surface area contributed by atoms with Gasteiger partial charge in [-0.15, -0.1) is 0 Å². The minimum Gasteiger partial charge on any atom is -0.397 e. The van der Waals surface area contributed by atoms with Crippen molar-refractivity contribution < 1.29 is 0 Å². The van der Waals surface area contributed by atoms with Crippen LogP contribution in [0, 0.1) is 0 Å². The molecule has 3 N–H and O–H groups in total. The van der Waals surface area contributed by atoms with Crippen molar-refractivity contribution in [3.8, 4) is 0 Å². The first-order chi connectivity index (χ1) is 6.16. The molecule has 1 rings (SSSR count). The number of nitrogen functional groups attached to an aromatic ring is 1. The van der Waals surface area contributed by atoms with Crippen molar-refractivity contribution in [2.75, 3.05) is 17.6 Å². The van der Waals surface area contributed by atoms with Crippen molar-refractivity contribution in [2.24, 2.45) is 0 Å². The van der Waals surface area contributed by atoms with Crippen molar-refractivity contribution in [1.82, 2.24) is 0 Å². The zero-order valence-electron chi connectivity index (χ0n) is 8.59. The molecular formula is C11H18N2. The molecule has 0 aliphatic rings. The van der Waals surface area contributed by atoms with E-state index in [4.69, 9.17) is 5.73 Å². The van der Waals surface area contributed by atoms with Crippen molar-refractivity contribution >= 4 is 11.4 Å². The summed E-state index contributed by atoms with van der Waals surface area (Å²) in [6.45, 7) is 7.29. The minimum absolute atomic E-state index is 0.485. The lowest BCUT2D eigenvalue weighted by molar-refractivity contribution is 0.870. The van der Waals surface area contributed by atoms with Gasteiger partial charge in [0.1, 0.15) is 0 Å². The highest BCUT2D eigenvalue weighted by Gasteiger charge is 2.06. The van der Waals surface area contributed by atoms with Gasteiger partial charge in [0.25, 0.3) is 0 Å². The molecule has 0 unspecified atom stereocenters. The molecule has 0 spiro atoms. The molecular weight excluding hydrogens is 160 g/mol. The van der Waals surface area contributed by atoms with Gasteiger partial charge in [-0.1, -0.05) is 26.0 Å². The number of benzene rings is 1. The molecule has 0 atom stereocenters. The summed E-state index contributed by atoms with van der Waals surface area (Å²) >= 11 is 0. The van der Waals surface area contributed by atoms with E-state index in [1.54, 1.807) is 0 Å². The van der Waals surface area contributed by atoms with Crippen LogP contribution in [0.4, 0.5) is 11.4 Å². The Kier molecular flexibility index (Phi) is 3.18. The quantitative estimate of drug-likeness (QED) is 0.698. The normalized spacial score (nSPS) is 10.5. The summed E-state index contributed by atoms with van der Waals surface area (Å²) in [5.41, 5.74) is 9.17. The van der Waals surface area contributed by atoms with Crippen molar-refractivity contribution in [3.05, 3.63) is 23.8 Å². The van der Waals surface area contributed by atoms with Crippen LogP contribution in [-0.4, -0.2) is 6.54 Å². The van der Waals surface area contributed by atoms with Gasteiger partial charge in [-0.25, -0.2) is 0 Å². The Morgan fingerprint density at radius 1 is 1.38 bits per heavy atom. The van der Waals surface area contributed by atoms with Gasteiger partial charge in [0, 0.05) is 6.54 Å². The monoisotopic (exact) mass is 178 g/mol. The number of nitrogens with one attached hydrogen (secondary N) is 1. The average molecular weight is 178 g/mol. The Hall–Kier alpha value is -1.18. The molecule has 1 aromatic rings. The maximum absolute atomic E-state index is 6.01. The van der Waals surface area contributed by atoms with Gasteiger partial charge < -0.3 is 11.1 Å². The highest BCUT2D eigenvalue weighted by Crippen LogP contribution is 2.28. The fourth-order valence-corrected chi connectivity index (χ4v) is 1.43. The Labute approximate surface area is 80.1 Å². The first-order valence-corrected chi connectivity index (χ1v) is 4.79. The fourth-order valence-electron chi connectivity index (χ4n) is 1.43. The van der Waals surface area contributed by atoms with Crippen LogP contribution in [0.1, 0.15) is 32.3 Å². The molecule has 72 valence electrons. The van der Waals surface area contributed by atoms with Crippen molar-refractivity contribution in [2.45, 2.75) is 26.7 Å². The number of hydrogen-bond donors (Lipinski definition) is 2. The number of para-hydroxylation sites is 1. The zero-order chi connectivity index (χ0) is 9.84. The third-order valence-corrected chi connectivity index (χ3v) is 2.13. The molecule has 13 heavy (non-hydrogen) atoms. The molecule has 1 aromatic carbocycles. The van der Waals surface area contributed by atoms with Gasteiger partial charge in [-0.05, 0) is 24.5 Å². The topological polar surface area (TPSA) is 38.0 Å². The lowest BCUT2D eigenvalue weighted by atomic mass is 10.0. The second-order valence-corrected chi connectivity index (χ2v) is 3.49. The summed E-state index contributed by atoms with van der Waals surface area (Å²) in [7, 11) is 0. The van der Waals surface area contributed by atoms with E-state index in [9.17, 15) is 0 Å². The van der Waals surface area contributed by atoms with E-state index in [1.807, 2.05) is 12.1 Å². The van der Waals surface area contributed by atoms with Gasteiger partial charge in [0.2, 0.25) is 0 Å². The first-order valence-electron chi connectivity index (χ1n) is 4.79. The summed E-state index contributed by atoms with van der Waals surface area (Å²) in [5, 5.41) is 3.25. The molecule has 0 bridgehead atoms. The molecule has 0 heterocycles. The smallest absolute Gasteiger partial charge is 0.0585 e. The Morgan fingerprint density at radius 3 is 2.62 bits per heavy atom. The van der Waals surface area contributed by atoms with Gasteiger partial charge in [-0.2, -0.15) is 0 Å². The van der Waals surface area contributed by atoms with Crippen LogP contribution < -0.4 is 11.1 Å². The summed E-state index contributed by atoms with van der Waals surface area (Å²) in [5.74, 6) is 0.485. The van der Waals surface area contributed by atoms with Crippen LogP contribution in [0.2, 0.25) is 0 Å². The van der Waals surface area contributed by atoms with Crippen LogP contribution in [0.15, 0.2) is 18.2 Å². The molecule has 0 aromatic heterocycles. The maximum Gasteiger partial charge on any atom is 0.0585 e. The third kappa shape index (κ3) is 2.14. The molecule has 0 saturated carbocycles. The van der Waals surface area contributed by atoms with Crippen LogP contribution in [0.3, 0.4) is 0 Å². The highest BCUT2D eigenvalue weighted by atomic mass is 14.9. The number of nitrogens with two attached hydrogens (primary N) is 1. The van der Waals surface area contributed by atoms with Gasteiger partial charge in [-0.3, -0.25) is 0 Å². The number of hydrogen-bond acceptors (Lipinski definition) is 2. The zero-order valence-corrected chi connectivity index (χ0v) is 8.59. The predicted molar refractivity (Wildman–Crippen MR) is 59.1 cm³/mol.